The van der Waals surface area contributed by atoms with Gasteiger partial charge >= 0.3 is 0 Å². The first-order valence-corrected chi connectivity index (χ1v) is 7.16. The molecule has 2 aromatic carbocycles. The Bertz CT molecular complexity index is 915. The predicted octanol–water partition coefficient (Wildman–Crippen LogP) is 4.26. The molecule has 0 aliphatic heterocycles. The summed E-state index contributed by atoms with van der Waals surface area (Å²) in [5, 5.41) is 0.967. The molecule has 0 saturated heterocycles. The Balaban J connectivity index is 1.77. The second-order valence-corrected chi connectivity index (χ2v) is 5.36. The molecule has 3 nitrogen and oxygen atoms in total. The third-order valence-electron chi connectivity index (χ3n) is 4.00. The Labute approximate surface area is 127 Å². The highest BCUT2D eigenvalue weighted by atomic mass is 16.5. The van der Waals surface area contributed by atoms with Crippen LogP contribution in [0.5, 0.6) is 5.75 Å². The van der Waals surface area contributed by atoms with Crippen molar-refractivity contribution >= 4 is 22.8 Å². The lowest BCUT2D eigenvalue weighted by atomic mass is 10.1. The van der Waals surface area contributed by atoms with Crippen molar-refractivity contribution in [3.05, 3.63) is 71.0 Å². The molecule has 0 spiro atoms. The van der Waals surface area contributed by atoms with E-state index in [1.54, 1.807) is 7.11 Å². The first kappa shape index (κ1) is 12.9. The molecule has 0 saturated carbocycles. The number of rotatable bonds is 2. The third kappa shape index (κ3) is 1.94. The lowest BCUT2D eigenvalue weighted by Crippen LogP contribution is -1.94. The van der Waals surface area contributed by atoms with Crippen LogP contribution >= 0.6 is 0 Å². The number of carbonyl (C=O) groups is 1. The van der Waals surface area contributed by atoms with Gasteiger partial charge < -0.3 is 9.15 Å². The first-order valence-electron chi connectivity index (χ1n) is 7.16. The van der Waals surface area contributed by atoms with Crippen LogP contribution in [0.1, 0.15) is 21.7 Å². The van der Waals surface area contributed by atoms with Crippen molar-refractivity contribution in [3.63, 3.8) is 0 Å². The number of Topliss-reactive ketones (excluding diaryl/α,β-unsaturated/α-hetero) is 1. The van der Waals surface area contributed by atoms with E-state index in [1.807, 2.05) is 54.6 Å². The Kier molecular flexibility index (Phi) is 2.86. The molecule has 3 aromatic rings. The first-order chi connectivity index (χ1) is 10.8. The number of allylic oxidation sites excluding steroid dienone is 1. The summed E-state index contributed by atoms with van der Waals surface area (Å²) < 4.78 is 11.1. The number of para-hydroxylation sites is 1. The van der Waals surface area contributed by atoms with E-state index in [0.29, 0.717) is 23.5 Å². The van der Waals surface area contributed by atoms with E-state index in [2.05, 4.69) is 0 Å². The predicted molar refractivity (Wildman–Crippen MR) is 85.2 cm³/mol. The van der Waals surface area contributed by atoms with Crippen LogP contribution in [0.2, 0.25) is 0 Å². The monoisotopic (exact) mass is 290 g/mol. The molecule has 22 heavy (non-hydrogen) atoms. The molecule has 0 fully saturated rings. The lowest BCUT2D eigenvalue weighted by Gasteiger charge is -1.98. The van der Waals surface area contributed by atoms with Gasteiger partial charge in [0.2, 0.25) is 0 Å². The highest BCUT2D eigenvalue weighted by Crippen LogP contribution is 2.32. The molecular weight excluding hydrogens is 276 g/mol. The van der Waals surface area contributed by atoms with E-state index in [0.717, 1.165) is 22.1 Å². The number of fused-ring (bicyclic) bond motifs is 2. The minimum Gasteiger partial charge on any atom is -0.493 e. The SMILES string of the molecule is COc1cccc2cc(/C=C3/Cc4ccccc4C3=O)oc12. The number of hydrogen-bond donors (Lipinski definition) is 0. The Morgan fingerprint density at radius 2 is 2.00 bits per heavy atom. The molecule has 0 amide bonds. The van der Waals surface area contributed by atoms with Crippen LogP contribution in [-0.2, 0) is 6.42 Å². The largest absolute Gasteiger partial charge is 0.493 e. The number of carbonyl (C=O) groups excluding carboxylic acids is 1. The molecule has 1 aromatic heterocycles. The van der Waals surface area contributed by atoms with Gasteiger partial charge in [-0.3, -0.25) is 4.79 Å². The molecule has 0 bridgehead atoms. The summed E-state index contributed by atoms with van der Waals surface area (Å²) in [7, 11) is 1.62. The number of methoxy groups -OCH3 is 1. The topological polar surface area (TPSA) is 39.4 Å². The van der Waals surface area contributed by atoms with Gasteiger partial charge in [0.05, 0.1) is 7.11 Å². The van der Waals surface area contributed by atoms with Gasteiger partial charge in [0.25, 0.3) is 0 Å². The van der Waals surface area contributed by atoms with Crippen molar-refractivity contribution in [2.45, 2.75) is 6.42 Å². The van der Waals surface area contributed by atoms with Crippen molar-refractivity contribution in [2.75, 3.05) is 7.11 Å². The maximum Gasteiger partial charge on any atom is 0.189 e. The quantitative estimate of drug-likeness (QED) is 0.662. The highest BCUT2D eigenvalue weighted by Gasteiger charge is 2.24. The summed E-state index contributed by atoms with van der Waals surface area (Å²) >= 11 is 0. The van der Waals surface area contributed by atoms with Crippen LogP contribution in [-0.4, -0.2) is 12.9 Å². The van der Waals surface area contributed by atoms with Gasteiger partial charge in [-0.15, -0.1) is 0 Å². The number of benzene rings is 2. The molecule has 1 heterocycles. The second kappa shape index (κ2) is 4.88. The van der Waals surface area contributed by atoms with Gasteiger partial charge in [0, 0.05) is 22.9 Å². The van der Waals surface area contributed by atoms with Gasteiger partial charge in [0.15, 0.2) is 17.1 Å². The average Bonchev–Trinajstić information content (AvgIpc) is 3.09. The number of hydrogen-bond acceptors (Lipinski definition) is 3. The molecule has 1 aliphatic carbocycles. The smallest absolute Gasteiger partial charge is 0.189 e. The van der Waals surface area contributed by atoms with Crippen molar-refractivity contribution in [2.24, 2.45) is 0 Å². The van der Waals surface area contributed by atoms with Crippen LogP contribution in [0.3, 0.4) is 0 Å². The molecule has 0 N–H and O–H groups in total. The maximum atomic E-state index is 12.4. The molecule has 108 valence electrons. The molecular formula is C19H14O3. The van der Waals surface area contributed by atoms with E-state index in [1.165, 1.54) is 0 Å². The zero-order valence-corrected chi connectivity index (χ0v) is 12.1. The molecule has 3 heteroatoms. The minimum atomic E-state index is 0.0861. The van der Waals surface area contributed by atoms with Gasteiger partial charge in [0.1, 0.15) is 5.76 Å². The van der Waals surface area contributed by atoms with Crippen LogP contribution in [0.25, 0.3) is 17.0 Å². The van der Waals surface area contributed by atoms with Crippen molar-refractivity contribution < 1.29 is 13.9 Å². The van der Waals surface area contributed by atoms with Crippen LogP contribution in [0.4, 0.5) is 0 Å². The standard InChI is InChI=1S/C19H14O3/c1-21-17-8-4-6-13-10-15(22-19(13)17)11-14-9-12-5-2-3-7-16(12)18(14)20/h2-8,10-11H,9H2,1H3/b14-11-. The fourth-order valence-corrected chi connectivity index (χ4v) is 2.93. The highest BCUT2D eigenvalue weighted by molar-refractivity contribution is 6.15. The second-order valence-electron chi connectivity index (χ2n) is 5.36. The summed E-state index contributed by atoms with van der Waals surface area (Å²) in [6.45, 7) is 0. The van der Waals surface area contributed by atoms with Gasteiger partial charge in [-0.05, 0) is 23.8 Å². The Morgan fingerprint density at radius 3 is 2.82 bits per heavy atom. The van der Waals surface area contributed by atoms with E-state index in [4.69, 9.17) is 9.15 Å². The van der Waals surface area contributed by atoms with Gasteiger partial charge in [-0.1, -0.05) is 36.4 Å². The van der Waals surface area contributed by atoms with E-state index >= 15 is 0 Å². The fourth-order valence-electron chi connectivity index (χ4n) is 2.93. The third-order valence-corrected chi connectivity index (χ3v) is 4.00. The summed E-state index contributed by atoms with van der Waals surface area (Å²) in [5.74, 6) is 1.46. The molecule has 0 atom stereocenters. The van der Waals surface area contributed by atoms with Crippen LogP contribution in [0, 0.1) is 0 Å². The normalized spacial score (nSPS) is 15.5. The van der Waals surface area contributed by atoms with E-state index in [-0.39, 0.29) is 5.78 Å². The van der Waals surface area contributed by atoms with Crippen molar-refractivity contribution in [1.82, 2.24) is 0 Å². The van der Waals surface area contributed by atoms with Crippen molar-refractivity contribution in [1.29, 1.82) is 0 Å². The summed E-state index contributed by atoms with van der Waals surface area (Å²) in [6.07, 6.45) is 2.49. The van der Waals surface area contributed by atoms with Gasteiger partial charge in [-0.2, -0.15) is 0 Å². The van der Waals surface area contributed by atoms with E-state index in [9.17, 15) is 4.79 Å². The summed E-state index contributed by atoms with van der Waals surface area (Å²) in [6, 6.07) is 15.4. The Morgan fingerprint density at radius 1 is 1.14 bits per heavy atom. The molecule has 0 unspecified atom stereocenters. The molecule has 0 radical (unpaired) electrons. The molecule has 4 rings (SSSR count). The van der Waals surface area contributed by atoms with Crippen molar-refractivity contribution in [3.8, 4) is 5.75 Å². The number of ether oxygens (including phenoxy) is 1. The summed E-state index contributed by atoms with van der Waals surface area (Å²) in [4.78, 5) is 12.4. The Hall–Kier alpha value is -2.81. The van der Waals surface area contributed by atoms with E-state index < -0.39 is 0 Å². The van der Waals surface area contributed by atoms with Crippen LogP contribution < -0.4 is 4.74 Å². The molecule has 1 aliphatic rings. The number of furan rings is 1. The summed E-state index contributed by atoms with van der Waals surface area (Å²) in [5.41, 5.74) is 3.34. The number of ketones is 1. The van der Waals surface area contributed by atoms with Gasteiger partial charge in [-0.25, -0.2) is 0 Å². The van der Waals surface area contributed by atoms with Crippen LogP contribution in [0.15, 0.2) is 58.5 Å². The lowest BCUT2D eigenvalue weighted by molar-refractivity contribution is 0.104. The maximum absolute atomic E-state index is 12.4. The minimum absolute atomic E-state index is 0.0861. The fraction of sp³-hybridized carbons (Fsp3) is 0.105. The average molecular weight is 290 g/mol. The zero-order chi connectivity index (χ0) is 15.1. The zero-order valence-electron chi connectivity index (χ0n) is 12.1.